The van der Waals surface area contributed by atoms with Crippen molar-refractivity contribution in [3.05, 3.63) is 23.5 Å². The highest BCUT2D eigenvalue weighted by atomic mass is 32.2. The lowest BCUT2D eigenvalue weighted by Crippen LogP contribution is -2.22. The van der Waals surface area contributed by atoms with Crippen LogP contribution in [-0.2, 0) is 11.8 Å². The fourth-order valence-electron chi connectivity index (χ4n) is 3.57. The van der Waals surface area contributed by atoms with Gasteiger partial charge in [-0.1, -0.05) is 88.6 Å². The molecule has 0 fully saturated rings. The van der Waals surface area contributed by atoms with Gasteiger partial charge in [0.05, 0.1) is 17.0 Å². The number of rotatable bonds is 18. The highest BCUT2D eigenvalue weighted by molar-refractivity contribution is 8.00. The normalized spacial score (nSPS) is 13.7. The number of hydrogen-bond acceptors (Lipinski definition) is 4. The number of carboxylic acids is 1. The smallest absolute Gasteiger partial charge is 0.303 e. The Labute approximate surface area is 193 Å². The van der Waals surface area contributed by atoms with Crippen molar-refractivity contribution >= 4 is 17.7 Å². The van der Waals surface area contributed by atoms with Crippen LogP contribution < -0.4 is 0 Å². The van der Waals surface area contributed by atoms with Gasteiger partial charge in [0.25, 0.3) is 0 Å². The monoisotopic (exact) mass is 452 g/mol. The first-order valence-electron chi connectivity index (χ1n) is 12.1. The van der Waals surface area contributed by atoms with E-state index in [1.807, 2.05) is 31.5 Å². The predicted molar refractivity (Wildman–Crippen MR) is 131 cm³/mol. The lowest BCUT2D eigenvalue weighted by molar-refractivity contribution is -0.137. The lowest BCUT2D eigenvalue weighted by Gasteiger charge is -2.18. The first-order chi connectivity index (χ1) is 14.9. The highest BCUT2D eigenvalue weighted by Crippen LogP contribution is 2.29. The second kappa shape index (κ2) is 16.4. The number of carbonyl (C=O) groups is 1. The van der Waals surface area contributed by atoms with Gasteiger partial charge < -0.3 is 14.8 Å². The van der Waals surface area contributed by atoms with Crippen LogP contribution in [0.25, 0.3) is 0 Å². The molecule has 1 aromatic heterocycles. The number of allylic oxidation sites excluding steroid dienone is 1. The van der Waals surface area contributed by atoms with E-state index in [0.29, 0.717) is 0 Å². The van der Waals surface area contributed by atoms with Gasteiger partial charge in [0.1, 0.15) is 0 Å². The quantitative estimate of drug-likeness (QED) is 0.149. The van der Waals surface area contributed by atoms with Gasteiger partial charge in [-0.05, 0) is 33.1 Å². The summed E-state index contributed by atoms with van der Waals surface area (Å²) in [6, 6.07) is 0. The summed E-state index contributed by atoms with van der Waals surface area (Å²) in [6.45, 7) is 6.27. The molecule has 0 spiro atoms. The Bertz CT molecular complexity index is 657. The van der Waals surface area contributed by atoms with Crippen molar-refractivity contribution in [3.63, 3.8) is 0 Å². The summed E-state index contributed by atoms with van der Waals surface area (Å²) in [5, 5.41) is 20.2. The molecular formula is C25H44N2O3S. The van der Waals surface area contributed by atoms with Crippen LogP contribution in [0.3, 0.4) is 0 Å². The summed E-state index contributed by atoms with van der Waals surface area (Å²) < 4.78 is 2.03. The number of aryl methyl sites for hydroxylation is 1. The molecule has 2 atom stereocenters. The van der Waals surface area contributed by atoms with Crippen LogP contribution >= 0.6 is 11.8 Å². The molecule has 0 bridgehead atoms. The Morgan fingerprint density at radius 1 is 1.06 bits per heavy atom. The minimum atomic E-state index is -0.874. The number of aliphatic hydroxyl groups is 1. The van der Waals surface area contributed by atoms with Crippen LogP contribution in [0.5, 0.6) is 0 Å². The molecular weight excluding hydrogens is 408 g/mol. The average molecular weight is 453 g/mol. The van der Waals surface area contributed by atoms with E-state index in [9.17, 15) is 9.90 Å². The molecule has 6 heteroatoms. The maximum Gasteiger partial charge on any atom is 0.303 e. The third kappa shape index (κ3) is 11.8. The lowest BCUT2D eigenvalue weighted by atomic mass is 10.1. The van der Waals surface area contributed by atoms with E-state index < -0.39 is 12.1 Å². The van der Waals surface area contributed by atoms with E-state index in [2.05, 4.69) is 18.0 Å². The fourth-order valence-corrected chi connectivity index (χ4v) is 4.79. The van der Waals surface area contributed by atoms with Gasteiger partial charge >= 0.3 is 5.97 Å². The van der Waals surface area contributed by atoms with Crippen molar-refractivity contribution < 1.29 is 15.0 Å². The first kappa shape index (κ1) is 27.8. The summed E-state index contributed by atoms with van der Waals surface area (Å²) in [4.78, 5) is 15.5. The number of unbranched alkanes of at least 4 members (excludes halogenated alkanes) is 10. The average Bonchev–Trinajstić information content (AvgIpc) is 2.98. The van der Waals surface area contributed by atoms with Crippen molar-refractivity contribution in [2.24, 2.45) is 7.05 Å². The molecule has 178 valence electrons. The van der Waals surface area contributed by atoms with Gasteiger partial charge in [-0.2, -0.15) is 0 Å². The third-order valence-corrected chi connectivity index (χ3v) is 7.22. The first-order valence-corrected chi connectivity index (χ1v) is 13.0. The SMILES string of the molecule is CCCCCCCCCCCCC=CC(Sc1nc(C)c(C)n1C)C(O)CCC(=O)O. The van der Waals surface area contributed by atoms with Gasteiger partial charge in [-0.3, -0.25) is 4.79 Å². The molecule has 1 heterocycles. The third-order valence-electron chi connectivity index (χ3n) is 5.90. The predicted octanol–water partition coefficient (Wildman–Crippen LogP) is 6.59. The Balaban J connectivity index is 2.41. The Morgan fingerprint density at radius 2 is 1.65 bits per heavy atom. The van der Waals surface area contributed by atoms with Crippen LogP contribution in [0.4, 0.5) is 0 Å². The van der Waals surface area contributed by atoms with Gasteiger partial charge in [0.15, 0.2) is 5.16 Å². The van der Waals surface area contributed by atoms with Crippen LogP contribution in [0.2, 0.25) is 0 Å². The minimum absolute atomic E-state index is 0.0247. The molecule has 0 saturated heterocycles. The molecule has 5 nitrogen and oxygen atoms in total. The van der Waals surface area contributed by atoms with E-state index in [-0.39, 0.29) is 18.1 Å². The number of imidazole rings is 1. The van der Waals surface area contributed by atoms with Crippen molar-refractivity contribution in [1.29, 1.82) is 0 Å². The molecule has 2 unspecified atom stereocenters. The zero-order chi connectivity index (χ0) is 23.1. The maximum atomic E-state index is 10.9. The number of hydrogen-bond donors (Lipinski definition) is 2. The highest BCUT2D eigenvalue weighted by Gasteiger charge is 2.21. The molecule has 0 aliphatic carbocycles. The Hall–Kier alpha value is -1.27. The van der Waals surface area contributed by atoms with Crippen molar-refractivity contribution in [2.75, 3.05) is 0 Å². The van der Waals surface area contributed by atoms with Crippen molar-refractivity contribution in [3.8, 4) is 0 Å². The number of carboxylic acid groups (broad SMARTS) is 1. The summed E-state index contributed by atoms with van der Waals surface area (Å²) in [5.74, 6) is -0.874. The number of nitrogens with zero attached hydrogens (tertiary/aromatic N) is 2. The molecule has 0 amide bonds. The number of thioether (sulfide) groups is 1. The van der Waals surface area contributed by atoms with E-state index in [0.717, 1.165) is 29.4 Å². The van der Waals surface area contributed by atoms with Crippen LogP contribution in [-0.4, -0.2) is 37.1 Å². The van der Waals surface area contributed by atoms with E-state index >= 15 is 0 Å². The van der Waals surface area contributed by atoms with Gasteiger partial charge in [-0.15, -0.1) is 0 Å². The molecule has 0 aliphatic rings. The topological polar surface area (TPSA) is 75.3 Å². The minimum Gasteiger partial charge on any atom is -0.481 e. The van der Waals surface area contributed by atoms with E-state index in [4.69, 9.17) is 5.11 Å². The van der Waals surface area contributed by atoms with Gasteiger partial charge in [-0.25, -0.2) is 4.98 Å². The molecule has 1 rings (SSSR count). The van der Waals surface area contributed by atoms with Crippen molar-refractivity contribution in [1.82, 2.24) is 9.55 Å². The molecule has 0 saturated carbocycles. The fraction of sp³-hybridized carbons (Fsp3) is 0.760. The zero-order valence-corrected chi connectivity index (χ0v) is 20.9. The number of aliphatic carboxylic acids is 1. The molecule has 1 aromatic rings. The summed E-state index contributed by atoms with van der Waals surface area (Å²) in [6.07, 6.45) is 17.9. The zero-order valence-electron chi connectivity index (χ0n) is 20.1. The molecule has 0 radical (unpaired) electrons. The Morgan fingerprint density at radius 3 is 2.16 bits per heavy atom. The molecule has 31 heavy (non-hydrogen) atoms. The summed E-state index contributed by atoms with van der Waals surface area (Å²) in [5.41, 5.74) is 2.09. The van der Waals surface area contributed by atoms with Crippen molar-refractivity contribution in [2.45, 2.75) is 121 Å². The number of aliphatic hydroxyl groups excluding tert-OH is 1. The van der Waals surface area contributed by atoms with Crippen LogP contribution in [0, 0.1) is 13.8 Å². The Kier molecular flexibility index (Phi) is 14.7. The summed E-state index contributed by atoms with van der Waals surface area (Å²) >= 11 is 1.52. The van der Waals surface area contributed by atoms with E-state index in [1.165, 1.54) is 69.5 Å². The standard InChI is InChI=1S/C25H44N2O3S/c1-5-6-7-8-9-10-11-12-13-14-15-16-17-23(22(28)18-19-24(29)30)31-25-26-20(2)21(3)27(25)4/h16-17,22-23,28H,5-15,18-19H2,1-4H3,(H,29,30). The van der Waals surface area contributed by atoms with Crippen LogP contribution in [0.1, 0.15) is 102 Å². The van der Waals surface area contributed by atoms with Crippen LogP contribution in [0.15, 0.2) is 17.3 Å². The second-order valence-corrected chi connectivity index (χ2v) is 9.75. The van der Waals surface area contributed by atoms with E-state index in [1.54, 1.807) is 0 Å². The largest absolute Gasteiger partial charge is 0.481 e. The summed E-state index contributed by atoms with van der Waals surface area (Å²) in [7, 11) is 1.98. The second-order valence-electron chi connectivity index (χ2n) is 8.61. The molecule has 0 aromatic carbocycles. The molecule has 2 N–H and O–H groups in total. The maximum absolute atomic E-state index is 10.9. The number of aromatic nitrogens is 2. The van der Waals surface area contributed by atoms with Gasteiger partial charge in [0.2, 0.25) is 0 Å². The molecule has 0 aliphatic heterocycles. The van der Waals surface area contributed by atoms with Gasteiger partial charge in [0, 0.05) is 19.2 Å².